The van der Waals surface area contributed by atoms with Crippen LogP contribution in [-0.4, -0.2) is 77.6 Å². The standard InChI is InChI=1S/C14H19BrO9/c1-5(16)9(20)10-12(21,6(2)17)14(23,8(4)19)13(22,7(3)18)11(15)24-10/h5,10-11,16,21-23H,1-4H3/t5?,10-,11-,12-,13+,14+/m1/s1. The molecular weight excluding hydrogens is 392 g/mol. The van der Waals surface area contributed by atoms with Crippen LogP contribution in [0.2, 0.25) is 0 Å². The number of alkyl halides is 1. The second kappa shape index (κ2) is 6.36. The first-order chi connectivity index (χ1) is 10.7. The third-order valence-electron chi connectivity index (χ3n) is 4.32. The zero-order valence-electron chi connectivity index (χ0n) is 13.4. The highest BCUT2D eigenvalue weighted by atomic mass is 79.9. The van der Waals surface area contributed by atoms with Gasteiger partial charge in [-0.3, -0.25) is 19.2 Å². The fourth-order valence-electron chi connectivity index (χ4n) is 2.84. The Morgan fingerprint density at radius 2 is 1.38 bits per heavy atom. The summed E-state index contributed by atoms with van der Waals surface area (Å²) in [5.41, 5.74) is -9.74. The van der Waals surface area contributed by atoms with Gasteiger partial charge in [0.15, 0.2) is 45.5 Å². The van der Waals surface area contributed by atoms with Crippen LogP contribution >= 0.6 is 15.9 Å². The fourth-order valence-corrected chi connectivity index (χ4v) is 3.71. The smallest absolute Gasteiger partial charge is 0.201 e. The maximum absolute atomic E-state index is 12.2. The molecule has 6 atom stereocenters. The summed E-state index contributed by atoms with van der Waals surface area (Å²) < 4.78 is 5.06. The van der Waals surface area contributed by atoms with Crippen LogP contribution in [0.5, 0.6) is 0 Å². The molecule has 9 nitrogen and oxygen atoms in total. The van der Waals surface area contributed by atoms with Crippen molar-refractivity contribution < 1.29 is 44.3 Å². The zero-order chi connectivity index (χ0) is 19.2. The number of aliphatic hydroxyl groups excluding tert-OH is 1. The van der Waals surface area contributed by atoms with Crippen LogP contribution in [0.1, 0.15) is 27.7 Å². The van der Waals surface area contributed by atoms with E-state index in [1.807, 2.05) is 0 Å². The minimum absolute atomic E-state index is 0.733. The van der Waals surface area contributed by atoms with Gasteiger partial charge in [-0.05, 0) is 27.7 Å². The Labute approximate surface area is 145 Å². The molecule has 136 valence electrons. The van der Waals surface area contributed by atoms with Crippen LogP contribution < -0.4 is 0 Å². The summed E-state index contributed by atoms with van der Waals surface area (Å²) in [6, 6.07) is 0. The van der Waals surface area contributed by atoms with E-state index >= 15 is 0 Å². The molecule has 1 saturated heterocycles. The number of halogens is 1. The molecule has 0 aliphatic carbocycles. The van der Waals surface area contributed by atoms with Crippen molar-refractivity contribution in [2.75, 3.05) is 0 Å². The number of carbonyl (C=O) groups excluding carboxylic acids is 4. The van der Waals surface area contributed by atoms with Crippen LogP contribution in [-0.2, 0) is 23.9 Å². The van der Waals surface area contributed by atoms with E-state index in [-0.39, 0.29) is 0 Å². The molecule has 4 N–H and O–H groups in total. The number of hydrogen-bond donors (Lipinski definition) is 4. The summed E-state index contributed by atoms with van der Waals surface area (Å²) in [5.74, 6) is -5.06. The second-order valence-corrected chi connectivity index (χ2v) is 6.65. The summed E-state index contributed by atoms with van der Waals surface area (Å²) in [5, 5.41) is 40.0. The predicted octanol–water partition coefficient (Wildman–Crippen LogP) is -1.98. The number of carbonyl (C=O) groups is 4. The summed E-state index contributed by atoms with van der Waals surface area (Å²) in [4.78, 5) is 48.3. The SMILES string of the molecule is CC(=O)[C@]1(O)[C@@](O)(C(C)=O)[C@@H](C(=O)C(C)O)O[C@@H](Br)[C@@]1(O)C(C)=O. The van der Waals surface area contributed by atoms with E-state index in [0.717, 1.165) is 27.7 Å². The van der Waals surface area contributed by atoms with Gasteiger partial charge in [-0.2, -0.15) is 0 Å². The van der Waals surface area contributed by atoms with Crippen LogP contribution in [0.4, 0.5) is 0 Å². The first-order valence-corrected chi connectivity index (χ1v) is 7.83. The van der Waals surface area contributed by atoms with Gasteiger partial charge >= 0.3 is 0 Å². The molecule has 0 saturated carbocycles. The lowest BCUT2D eigenvalue weighted by molar-refractivity contribution is -0.296. The number of aliphatic hydroxyl groups is 4. The summed E-state index contributed by atoms with van der Waals surface area (Å²) in [6.07, 6.45) is -3.92. The van der Waals surface area contributed by atoms with Crippen molar-refractivity contribution in [2.45, 2.75) is 61.7 Å². The Bertz CT molecular complexity index is 603. The normalized spacial score (nSPS) is 40.7. The Morgan fingerprint density at radius 1 is 0.958 bits per heavy atom. The Balaban J connectivity index is 3.86. The molecule has 1 fully saturated rings. The molecule has 1 aliphatic heterocycles. The Morgan fingerprint density at radius 3 is 1.67 bits per heavy atom. The maximum Gasteiger partial charge on any atom is 0.201 e. The van der Waals surface area contributed by atoms with Crippen molar-refractivity contribution in [1.82, 2.24) is 0 Å². The molecule has 0 aromatic heterocycles. The lowest BCUT2D eigenvalue weighted by Crippen LogP contribution is -2.86. The van der Waals surface area contributed by atoms with E-state index in [0.29, 0.717) is 0 Å². The van der Waals surface area contributed by atoms with Crippen LogP contribution in [0.15, 0.2) is 0 Å². The molecule has 1 unspecified atom stereocenters. The third kappa shape index (κ3) is 2.40. The van der Waals surface area contributed by atoms with Gasteiger partial charge < -0.3 is 25.2 Å². The van der Waals surface area contributed by atoms with E-state index in [9.17, 15) is 39.6 Å². The Kier molecular flexibility index (Phi) is 5.56. The predicted molar refractivity (Wildman–Crippen MR) is 81.2 cm³/mol. The van der Waals surface area contributed by atoms with Gasteiger partial charge in [-0.25, -0.2) is 0 Å². The van der Waals surface area contributed by atoms with Crippen LogP contribution in [0.3, 0.4) is 0 Å². The number of Topliss-reactive ketones (excluding diaryl/α,β-unsaturated/α-hetero) is 4. The van der Waals surface area contributed by atoms with Crippen molar-refractivity contribution in [2.24, 2.45) is 0 Å². The highest BCUT2D eigenvalue weighted by molar-refractivity contribution is 9.09. The van der Waals surface area contributed by atoms with Crippen molar-refractivity contribution in [3.05, 3.63) is 0 Å². The van der Waals surface area contributed by atoms with E-state index in [2.05, 4.69) is 15.9 Å². The molecule has 0 aromatic rings. The maximum atomic E-state index is 12.2. The molecular formula is C14H19BrO9. The average molecular weight is 411 g/mol. The summed E-state index contributed by atoms with van der Waals surface area (Å²) in [7, 11) is 0. The quantitative estimate of drug-likeness (QED) is 0.376. The molecule has 24 heavy (non-hydrogen) atoms. The highest BCUT2D eigenvalue weighted by Gasteiger charge is 2.78. The van der Waals surface area contributed by atoms with Gasteiger partial charge in [-0.1, -0.05) is 15.9 Å². The minimum atomic E-state index is -3.39. The minimum Gasteiger partial charge on any atom is -0.386 e. The topological polar surface area (TPSA) is 158 Å². The molecule has 0 spiro atoms. The summed E-state index contributed by atoms with van der Waals surface area (Å²) >= 11 is 2.75. The second-order valence-electron chi connectivity index (χ2n) is 5.82. The van der Waals surface area contributed by atoms with Gasteiger partial charge in [0.2, 0.25) is 5.60 Å². The highest BCUT2D eigenvalue weighted by Crippen LogP contribution is 2.48. The number of hydrogen-bond acceptors (Lipinski definition) is 9. The zero-order valence-corrected chi connectivity index (χ0v) is 15.0. The van der Waals surface area contributed by atoms with Crippen LogP contribution in [0, 0.1) is 0 Å². The summed E-state index contributed by atoms with van der Waals surface area (Å²) in [6.45, 7) is 3.31. The largest absolute Gasteiger partial charge is 0.386 e. The molecule has 0 radical (unpaired) electrons. The Hall–Kier alpha value is -1.04. The van der Waals surface area contributed by atoms with E-state index in [4.69, 9.17) is 4.74 Å². The first-order valence-electron chi connectivity index (χ1n) is 6.92. The molecule has 1 aliphatic rings. The number of rotatable bonds is 5. The molecule has 1 heterocycles. The van der Waals surface area contributed by atoms with Gasteiger partial charge in [0.25, 0.3) is 0 Å². The van der Waals surface area contributed by atoms with Crippen molar-refractivity contribution >= 4 is 39.1 Å². The van der Waals surface area contributed by atoms with Crippen LogP contribution in [0.25, 0.3) is 0 Å². The van der Waals surface area contributed by atoms with E-state index in [1.54, 1.807) is 0 Å². The average Bonchev–Trinajstić information content (AvgIpc) is 2.46. The first kappa shape index (κ1) is 21.0. The number of ketones is 4. The van der Waals surface area contributed by atoms with E-state index in [1.165, 1.54) is 0 Å². The lowest BCUT2D eigenvalue weighted by atomic mass is 9.61. The van der Waals surface area contributed by atoms with Crippen molar-refractivity contribution in [1.29, 1.82) is 0 Å². The molecule has 0 amide bonds. The van der Waals surface area contributed by atoms with E-state index < -0.39 is 57.2 Å². The molecule has 0 bridgehead atoms. The van der Waals surface area contributed by atoms with Gasteiger partial charge in [-0.15, -0.1) is 0 Å². The monoisotopic (exact) mass is 410 g/mol. The third-order valence-corrected chi connectivity index (χ3v) is 5.20. The van der Waals surface area contributed by atoms with Crippen molar-refractivity contribution in [3.8, 4) is 0 Å². The fraction of sp³-hybridized carbons (Fsp3) is 0.714. The van der Waals surface area contributed by atoms with Gasteiger partial charge in [0.1, 0.15) is 6.10 Å². The molecule has 10 heteroatoms. The van der Waals surface area contributed by atoms with Crippen molar-refractivity contribution in [3.63, 3.8) is 0 Å². The van der Waals surface area contributed by atoms with Gasteiger partial charge in [0, 0.05) is 0 Å². The lowest BCUT2D eigenvalue weighted by Gasteiger charge is -2.56. The molecule has 1 rings (SSSR count). The van der Waals surface area contributed by atoms with Gasteiger partial charge in [0.05, 0.1) is 0 Å². The number of ether oxygens (including phenoxy) is 1. The molecule has 0 aromatic carbocycles.